The van der Waals surface area contributed by atoms with E-state index in [1.807, 2.05) is 6.92 Å². The van der Waals surface area contributed by atoms with E-state index < -0.39 is 35.3 Å². The van der Waals surface area contributed by atoms with Gasteiger partial charge in [-0.2, -0.15) is 0 Å². The summed E-state index contributed by atoms with van der Waals surface area (Å²) in [5, 5.41) is 2.25. The Kier molecular flexibility index (Phi) is 3.93. The van der Waals surface area contributed by atoms with Crippen molar-refractivity contribution in [3.05, 3.63) is 35.4 Å². The van der Waals surface area contributed by atoms with E-state index in [1.165, 1.54) is 12.1 Å². The fraction of sp³-hybridized carbons (Fsp3) is 0.429. The van der Waals surface area contributed by atoms with Crippen molar-refractivity contribution in [2.75, 3.05) is 0 Å². The molecule has 102 valence electrons. The summed E-state index contributed by atoms with van der Waals surface area (Å²) in [6.45, 7) is 1.91. The highest BCUT2D eigenvalue weighted by Gasteiger charge is 2.37. The minimum atomic E-state index is -0.962. The highest BCUT2D eigenvalue weighted by atomic mass is 19.2. The van der Waals surface area contributed by atoms with Crippen molar-refractivity contribution in [1.82, 2.24) is 5.32 Å². The fourth-order valence-corrected chi connectivity index (χ4v) is 2.58. The lowest BCUT2D eigenvalue weighted by molar-refractivity contribution is -0.137. The smallest absolute Gasteiger partial charge is 0.230 e. The van der Waals surface area contributed by atoms with E-state index in [1.54, 1.807) is 0 Å². The summed E-state index contributed by atoms with van der Waals surface area (Å²) in [6, 6.07) is 3.86. The molecule has 0 aromatic heterocycles. The van der Waals surface area contributed by atoms with Crippen molar-refractivity contribution in [2.45, 2.75) is 32.1 Å². The van der Waals surface area contributed by atoms with Crippen LogP contribution >= 0.6 is 0 Å². The Morgan fingerprint density at radius 2 is 2.05 bits per heavy atom. The molecule has 1 aromatic carbocycles. The Labute approximate surface area is 110 Å². The van der Waals surface area contributed by atoms with Crippen molar-refractivity contribution in [3.8, 4) is 0 Å². The third-order valence-electron chi connectivity index (χ3n) is 3.47. The van der Waals surface area contributed by atoms with Gasteiger partial charge in [-0.3, -0.25) is 14.9 Å². The van der Waals surface area contributed by atoms with Crippen LogP contribution in [0.2, 0.25) is 0 Å². The van der Waals surface area contributed by atoms with Crippen LogP contribution in [0.1, 0.15) is 37.7 Å². The molecule has 0 radical (unpaired) electrons. The van der Waals surface area contributed by atoms with Crippen LogP contribution in [0.3, 0.4) is 0 Å². The monoisotopic (exact) mass is 267 g/mol. The van der Waals surface area contributed by atoms with Gasteiger partial charge >= 0.3 is 0 Å². The maximum absolute atomic E-state index is 13.8. The fourth-order valence-electron chi connectivity index (χ4n) is 2.58. The molecule has 5 heteroatoms. The highest BCUT2D eigenvalue weighted by molar-refractivity contribution is 5.99. The van der Waals surface area contributed by atoms with Crippen molar-refractivity contribution in [2.24, 2.45) is 5.92 Å². The van der Waals surface area contributed by atoms with Gasteiger partial charge in [-0.15, -0.1) is 0 Å². The first-order valence-corrected chi connectivity index (χ1v) is 6.32. The molecule has 0 aliphatic carbocycles. The number of halogens is 2. The number of imide groups is 1. The van der Waals surface area contributed by atoms with Gasteiger partial charge in [0.25, 0.3) is 0 Å². The number of carbonyl (C=O) groups is 2. The number of benzene rings is 1. The van der Waals surface area contributed by atoms with Crippen LogP contribution in [-0.4, -0.2) is 11.8 Å². The van der Waals surface area contributed by atoms with Crippen molar-refractivity contribution >= 4 is 11.8 Å². The first kappa shape index (κ1) is 13.6. The zero-order valence-corrected chi connectivity index (χ0v) is 10.6. The van der Waals surface area contributed by atoms with E-state index in [9.17, 15) is 18.4 Å². The molecule has 2 unspecified atom stereocenters. The summed E-state index contributed by atoms with van der Waals surface area (Å²) >= 11 is 0. The Balaban J connectivity index is 2.40. The van der Waals surface area contributed by atoms with Gasteiger partial charge in [-0.1, -0.05) is 25.5 Å². The van der Waals surface area contributed by atoms with Crippen LogP contribution in [0.15, 0.2) is 18.2 Å². The summed E-state index contributed by atoms with van der Waals surface area (Å²) in [6.07, 6.45) is 1.29. The molecule has 1 N–H and O–H groups in total. The predicted molar refractivity (Wildman–Crippen MR) is 65.3 cm³/mol. The largest absolute Gasteiger partial charge is 0.296 e. The van der Waals surface area contributed by atoms with Gasteiger partial charge in [-0.05, 0) is 18.1 Å². The number of carbonyl (C=O) groups excluding carboxylic acids is 2. The molecule has 0 bridgehead atoms. The number of hydrogen-bond donors (Lipinski definition) is 1. The average Bonchev–Trinajstić information content (AvgIpc) is 2.36. The lowest BCUT2D eigenvalue weighted by Crippen LogP contribution is -2.45. The van der Waals surface area contributed by atoms with Gasteiger partial charge in [0, 0.05) is 18.3 Å². The van der Waals surface area contributed by atoms with E-state index in [4.69, 9.17) is 0 Å². The van der Waals surface area contributed by atoms with E-state index >= 15 is 0 Å². The average molecular weight is 267 g/mol. The molecule has 1 aliphatic heterocycles. The van der Waals surface area contributed by atoms with Crippen LogP contribution in [0.4, 0.5) is 8.78 Å². The first-order chi connectivity index (χ1) is 9.04. The number of piperidine rings is 1. The zero-order valence-electron chi connectivity index (χ0n) is 10.6. The van der Waals surface area contributed by atoms with Crippen LogP contribution in [-0.2, 0) is 9.59 Å². The van der Waals surface area contributed by atoms with E-state index in [0.29, 0.717) is 6.42 Å². The molecule has 1 aliphatic rings. The Morgan fingerprint density at radius 3 is 2.74 bits per heavy atom. The maximum Gasteiger partial charge on any atom is 0.230 e. The second-order valence-corrected chi connectivity index (χ2v) is 4.76. The SMILES string of the molecule is CCCC1C(=O)NC(=O)CC1c1cccc(F)c1F. The predicted octanol–water partition coefficient (Wildman–Crippen LogP) is 2.51. The van der Waals surface area contributed by atoms with Crippen LogP contribution in [0.25, 0.3) is 0 Å². The third kappa shape index (κ3) is 2.64. The van der Waals surface area contributed by atoms with Crippen molar-refractivity contribution in [1.29, 1.82) is 0 Å². The van der Waals surface area contributed by atoms with Gasteiger partial charge in [0.05, 0.1) is 0 Å². The highest BCUT2D eigenvalue weighted by Crippen LogP contribution is 2.36. The second-order valence-electron chi connectivity index (χ2n) is 4.76. The van der Waals surface area contributed by atoms with Crippen molar-refractivity contribution < 1.29 is 18.4 Å². The molecule has 2 amide bonds. The molecular formula is C14H15F2NO2. The van der Waals surface area contributed by atoms with Gasteiger partial charge in [0.15, 0.2) is 11.6 Å². The van der Waals surface area contributed by atoms with E-state index in [2.05, 4.69) is 5.32 Å². The zero-order chi connectivity index (χ0) is 14.0. The molecule has 1 aromatic rings. The van der Waals surface area contributed by atoms with Crippen LogP contribution < -0.4 is 5.32 Å². The van der Waals surface area contributed by atoms with Gasteiger partial charge < -0.3 is 0 Å². The van der Waals surface area contributed by atoms with Crippen LogP contribution in [0, 0.1) is 17.6 Å². The molecule has 1 saturated heterocycles. The normalized spacial score (nSPS) is 23.3. The molecule has 3 nitrogen and oxygen atoms in total. The van der Waals surface area contributed by atoms with Crippen LogP contribution in [0.5, 0.6) is 0 Å². The minimum absolute atomic E-state index is 0.0107. The van der Waals surface area contributed by atoms with Gasteiger partial charge in [0.2, 0.25) is 11.8 Å². The minimum Gasteiger partial charge on any atom is -0.296 e. The molecule has 19 heavy (non-hydrogen) atoms. The quantitative estimate of drug-likeness (QED) is 0.855. The topological polar surface area (TPSA) is 46.2 Å². The molecule has 0 spiro atoms. The summed E-state index contributed by atoms with van der Waals surface area (Å²) in [7, 11) is 0. The molecule has 1 heterocycles. The molecule has 2 atom stereocenters. The first-order valence-electron chi connectivity index (χ1n) is 6.32. The Hall–Kier alpha value is -1.78. The molecule has 2 rings (SSSR count). The van der Waals surface area contributed by atoms with E-state index in [0.717, 1.165) is 12.5 Å². The number of rotatable bonds is 3. The Bertz CT molecular complexity index is 516. The molecular weight excluding hydrogens is 252 g/mol. The van der Waals surface area contributed by atoms with E-state index in [-0.39, 0.29) is 12.0 Å². The number of hydrogen-bond acceptors (Lipinski definition) is 2. The van der Waals surface area contributed by atoms with Gasteiger partial charge in [0.1, 0.15) is 0 Å². The maximum atomic E-state index is 13.8. The lowest BCUT2D eigenvalue weighted by Gasteiger charge is -2.30. The summed E-state index contributed by atoms with van der Waals surface area (Å²) < 4.78 is 27.1. The lowest BCUT2D eigenvalue weighted by atomic mass is 9.78. The third-order valence-corrected chi connectivity index (χ3v) is 3.47. The Morgan fingerprint density at radius 1 is 1.32 bits per heavy atom. The second kappa shape index (κ2) is 5.47. The summed E-state index contributed by atoms with van der Waals surface area (Å²) in [5.74, 6) is -3.82. The molecule has 0 saturated carbocycles. The number of nitrogens with one attached hydrogen (secondary N) is 1. The molecule has 1 fully saturated rings. The standard InChI is InChI=1S/C14H15F2NO2/c1-2-4-9-10(7-12(18)17-14(9)19)8-5-3-6-11(15)13(8)16/h3,5-6,9-10H,2,4,7H2,1H3,(H,17,18,19). The van der Waals surface area contributed by atoms with Crippen molar-refractivity contribution in [3.63, 3.8) is 0 Å². The summed E-state index contributed by atoms with van der Waals surface area (Å²) in [4.78, 5) is 23.3. The number of amides is 2. The summed E-state index contributed by atoms with van der Waals surface area (Å²) in [5.41, 5.74) is 0.113. The van der Waals surface area contributed by atoms with Gasteiger partial charge in [-0.25, -0.2) is 8.78 Å².